The highest BCUT2D eigenvalue weighted by atomic mass is 16.4. The summed E-state index contributed by atoms with van der Waals surface area (Å²) in [5.41, 5.74) is 8.48. The van der Waals surface area contributed by atoms with E-state index in [9.17, 15) is 4.79 Å². The Bertz CT molecular complexity index is 272. The Kier molecular flexibility index (Phi) is 3.46. The summed E-state index contributed by atoms with van der Waals surface area (Å²) in [6, 6.07) is 8.96. The predicted octanol–water partition coefficient (Wildman–Crippen LogP) is 1.36. The predicted molar refractivity (Wildman–Crippen MR) is 49.3 cm³/mol. The van der Waals surface area contributed by atoms with E-state index in [2.05, 4.69) is 0 Å². The molecule has 2 N–H and O–H groups in total. The van der Waals surface area contributed by atoms with Gasteiger partial charge in [0.15, 0.2) is 0 Å². The molecule has 1 radical (unpaired) electrons. The molecule has 0 aliphatic rings. The lowest BCUT2D eigenvalue weighted by Crippen LogP contribution is -2.17. The molecule has 0 aliphatic carbocycles. The van der Waals surface area contributed by atoms with Gasteiger partial charge in [-0.05, 0) is 12.0 Å². The van der Waals surface area contributed by atoms with Crippen molar-refractivity contribution >= 4 is 5.97 Å². The normalized spacial score (nSPS) is 12.4. The van der Waals surface area contributed by atoms with Crippen LogP contribution in [-0.4, -0.2) is 17.1 Å². The van der Waals surface area contributed by atoms with Crippen molar-refractivity contribution in [3.05, 3.63) is 35.9 Å². The summed E-state index contributed by atoms with van der Waals surface area (Å²) in [7, 11) is 0. The van der Waals surface area contributed by atoms with Crippen LogP contribution in [0, 0.1) is 0 Å². The second-order valence-corrected chi connectivity index (χ2v) is 2.98. The first kappa shape index (κ1) is 9.74. The van der Waals surface area contributed by atoms with Crippen LogP contribution in [0.3, 0.4) is 0 Å². The van der Waals surface area contributed by atoms with Crippen LogP contribution in [0.25, 0.3) is 0 Å². The van der Waals surface area contributed by atoms with Crippen LogP contribution in [0.5, 0.6) is 0 Å². The third-order valence-corrected chi connectivity index (χ3v) is 1.75. The summed E-state index contributed by atoms with van der Waals surface area (Å²) in [5.74, 6) is -0.907. The van der Waals surface area contributed by atoms with Crippen LogP contribution in [-0.2, 0) is 11.2 Å². The molecule has 0 fully saturated rings. The lowest BCUT2D eigenvalue weighted by Gasteiger charge is -2.06. The SMILES string of the molecule is [NH]C(CC(=O)O)Cc1ccccc1. The van der Waals surface area contributed by atoms with Gasteiger partial charge in [0.05, 0.1) is 6.42 Å². The number of nitrogens with one attached hydrogen (secondary N) is 1. The molecule has 1 aromatic rings. The van der Waals surface area contributed by atoms with E-state index in [1.54, 1.807) is 0 Å². The van der Waals surface area contributed by atoms with E-state index in [1.807, 2.05) is 30.3 Å². The third-order valence-electron chi connectivity index (χ3n) is 1.75. The van der Waals surface area contributed by atoms with Gasteiger partial charge in [-0.2, -0.15) is 0 Å². The Morgan fingerprint density at radius 3 is 2.54 bits per heavy atom. The molecule has 69 valence electrons. The monoisotopic (exact) mass is 178 g/mol. The quantitative estimate of drug-likeness (QED) is 0.756. The van der Waals surface area contributed by atoms with E-state index in [0.29, 0.717) is 6.42 Å². The van der Waals surface area contributed by atoms with E-state index in [4.69, 9.17) is 10.8 Å². The van der Waals surface area contributed by atoms with Gasteiger partial charge in [-0.25, -0.2) is 0 Å². The largest absolute Gasteiger partial charge is 0.481 e. The maximum Gasteiger partial charge on any atom is 0.304 e. The second kappa shape index (κ2) is 4.62. The van der Waals surface area contributed by atoms with Crippen LogP contribution in [0.2, 0.25) is 0 Å². The number of rotatable bonds is 4. The molecule has 0 aromatic heterocycles. The standard InChI is InChI=1S/C10H12NO2/c11-9(7-10(12)13)6-8-4-2-1-3-5-8/h1-5,9,11H,6-7H2,(H,12,13). The first-order valence-corrected chi connectivity index (χ1v) is 4.15. The Labute approximate surface area is 77.2 Å². The lowest BCUT2D eigenvalue weighted by molar-refractivity contribution is -0.137. The summed E-state index contributed by atoms with van der Waals surface area (Å²) in [6.07, 6.45) is 0.419. The van der Waals surface area contributed by atoms with Gasteiger partial charge < -0.3 is 5.11 Å². The summed E-state index contributed by atoms with van der Waals surface area (Å²) < 4.78 is 0. The maximum atomic E-state index is 10.3. The van der Waals surface area contributed by atoms with Crippen molar-refractivity contribution in [2.45, 2.75) is 18.9 Å². The van der Waals surface area contributed by atoms with E-state index in [-0.39, 0.29) is 6.42 Å². The molecule has 0 spiro atoms. The molecule has 1 atom stereocenters. The average molecular weight is 178 g/mol. The molecule has 0 heterocycles. The highest BCUT2D eigenvalue weighted by molar-refractivity contribution is 5.67. The summed E-state index contributed by atoms with van der Waals surface area (Å²) >= 11 is 0. The van der Waals surface area contributed by atoms with Gasteiger partial charge in [-0.15, -0.1) is 0 Å². The Balaban J connectivity index is 2.45. The second-order valence-electron chi connectivity index (χ2n) is 2.98. The number of carboxylic acid groups (broad SMARTS) is 1. The summed E-state index contributed by atoms with van der Waals surface area (Å²) in [4.78, 5) is 10.3. The molecular formula is C10H12NO2. The van der Waals surface area contributed by atoms with E-state index in [1.165, 1.54) is 0 Å². The number of benzene rings is 1. The zero-order valence-electron chi connectivity index (χ0n) is 7.23. The van der Waals surface area contributed by atoms with E-state index in [0.717, 1.165) is 5.56 Å². The van der Waals surface area contributed by atoms with E-state index >= 15 is 0 Å². The summed E-state index contributed by atoms with van der Waals surface area (Å²) in [6.45, 7) is 0. The first-order valence-electron chi connectivity index (χ1n) is 4.15. The van der Waals surface area contributed by atoms with Crippen molar-refractivity contribution in [3.8, 4) is 0 Å². The number of hydrogen-bond acceptors (Lipinski definition) is 1. The van der Waals surface area contributed by atoms with Crippen molar-refractivity contribution in [1.82, 2.24) is 5.73 Å². The average Bonchev–Trinajstić information content (AvgIpc) is 2.04. The van der Waals surface area contributed by atoms with Gasteiger partial charge in [0.2, 0.25) is 0 Å². The van der Waals surface area contributed by atoms with Crippen molar-refractivity contribution in [3.63, 3.8) is 0 Å². The highest BCUT2D eigenvalue weighted by Crippen LogP contribution is 2.04. The zero-order valence-corrected chi connectivity index (χ0v) is 7.23. The van der Waals surface area contributed by atoms with Crippen LogP contribution in [0.4, 0.5) is 0 Å². The lowest BCUT2D eigenvalue weighted by atomic mass is 10.0. The van der Waals surface area contributed by atoms with Gasteiger partial charge in [-0.3, -0.25) is 10.5 Å². The topological polar surface area (TPSA) is 61.1 Å². The van der Waals surface area contributed by atoms with Crippen LogP contribution in [0.1, 0.15) is 12.0 Å². The van der Waals surface area contributed by atoms with E-state index < -0.39 is 12.0 Å². The molecule has 0 saturated carbocycles. The van der Waals surface area contributed by atoms with Gasteiger partial charge in [0, 0.05) is 6.04 Å². The molecule has 0 saturated heterocycles. The van der Waals surface area contributed by atoms with Crippen molar-refractivity contribution < 1.29 is 9.90 Å². The molecule has 0 bridgehead atoms. The maximum absolute atomic E-state index is 10.3. The molecule has 1 aromatic carbocycles. The van der Waals surface area contributed by atoms with Crippen molar-refractivity contribution in [1.29, 1.82) is 0 Å². The Morgan fingerprint density at radius 1 is 1.38 bits per heavy atom. The third kappa shape index (κ3) is 3.71. The fourth-order valence-corrected chi connectivity index (χ4v) is 1.18. The van der Waals surface area contributed by atoms with Crippen LogP contribution >= 0.6 is 0 Å². The van der Waals surface area contributed by atoms with Gasteiger partial charge >= 0.3 is 5.97 Å². The number of hydrogen-bond donors (Lipinski definition) is 1. The minimum Gasteiger partial charge on any atom is -0.481 e. The zero-order chi connectivity index (χ0) is 9.68. The first-order chi connectivity index (χ1) is 6.18. The van der Waals surface area contributed by atoms with Gasteiger partial charge in [0.1, 0.15) is 0 Å². The van der Waals surface area contributed by atoms with Crippen molar-refractivity contribution in [2.24, 2.45) is 0 Å². The fraction of sp³-hybridized carbons (Fsp3) is 0.300. The number of carbonyl (C=O) groups is 1. The fourth-order valence-electron chi connectivity index (χ4n) is 1.18. The summed E-state index contributed by atoms with van der Waals surface area (Å²) in [5, 5.41) is 8.44. The van der Waals surface area contributed by atoms with Crippen LogP contribution < -0.4 is 5.73 Å². The minimum absolute atomic E-state index is 0.0884. The molecule has 0 amide bonds. The minimum atomic E-state index is -0.907. The molecule has 13 heavy (non-hydrogen) atoms. The molecule has 1 rings (SSSR count). The molecule has 3 nitrogen and oxygen atoms in total. The molecule has 1 unspecified atom stereocenters. The van der Waals surface area contributed by atoms with Crippen LogP contribution in [0.15, 0.2) is 30.3 Å². The van der Waals surface area contributed by atoms with Crippen molar-refractivity contribution in [2.75, 3.05) is 0 Å². The molecule has 0 aliphatic heterocycles. The Morgan fingerprint density at radius 2 is 2.00 bits per heavy atom. The van der Waals surface area contributed by atoms with Gasteiger partial charge in [0.25, 0.3) is 0 Å². The number of carboxylic acids is 1. The highest BCUT2D eigenvalue weighted by Gasteiger charge is 2.08. The smallest absolute Gasteiger partial charge is 0.304 e. The molecular weight excluding hydrogens is 166 g/mol. The Hall–Kier alpha value is -1.35. The van der Waals surface area contributed by atoms with Gasteiger partial charge in [-0.1, -0.05) is 30.3 Å². The molecule has 3 heteroatoms. The number of aliphatic carboxylic acids is 1.